The number of hydrogen-bond acceptors (Lipinski definition) is 8. The molecule has 0 spiro atoms. The molecule has 2 saturated heterocycles. The van der Waals surface area contributed by atoms with Crippen molar-refractivity contribution in [1.29, 1.82) is 0 Å². The number of rotatable bonds is 4. The average Bonchev–Trinajstić information content (AvgIpc) is 3.44. The number of aliphatic hydroxyl groups is 2. The van der Waals surface area contributed by atoms with Gasteiger partial charge in [0.15, 0.2) is 23.0 Å². The van der Waals surface area contributed by atoms with Crippen molar-refractivity contribution in [3.63, 3.8) is 0 Å². The first-order valence-corrected chi connectivity index (χ1v) is 12.6. The molecule has 2 N–H and O–H groups in total. The summed E-state index contributed by atoms with van der Waals surface area (Å²) in [5.41, 5.74) is 0.794. The van der Waals surface area contributed by atoms with E-state index in [4.69, 9.17) is 27.2 Å². The maximum Gasteiger partial charge on any atom is 0.231 e. The van der Waals surface area contributed by atoms with Gasteiger partial charge in [0.25, 0.3) is 0 Å². The summed E-state index contributed by atoms with van der Waals surface area (Å²) in [5.74, 6) is 0.0978. The molecule has 0 aliphatic carbocycles. The van der Waals surface area contributed by atoms with Gasteiger partial charge in [-0.2, -0.15) is 0 Å². The molecule has 0 aromatic heterocycles. The highest BCUT2D eigenvalue weighted by atomic mass is 16.7. The Bertz CT molecular complexity index is 1410. The number of ether oxygens (including phenoxy) is 4. The third-order valence-corrected chi connectivity index (χ3v) is 6.60. The molecular formula is C28H34N2O8. The lowest BCUT2D eigenvalue weighted by molar-refractivity contribution is -0.134. The minimum absolute atomic E-state index is 0.0457. The zero-order chi connectivity index (χ0) is 31.9. The summed E-state index contributed by atoms with van der Waals surface area (Å²) in [5, 5.41) is 19.3. The van der Waals surface area contributed by atoms with Crippen molar-refractivity contribution in [2.24, 2.45) is 0 Å². The number of hydrogen-bond donors (Lipinski definition) is 2. The highest BCUT2D eigenvalue weighted by molar-refractivity contribution is 5.79. The number of carbonyl (C=O) groups is 2. The fraction of sp³-hybridized carbons (Fsp3) is 0.500. The van der Waals surface area contributed by atoms with Crippen LogP contribution in [-0.2, 0) is 22.4 Å². The second-order valence-electron chi connectivity index (χ2n) is 9.50. The molecule has 4 aliphatic rings. The van der Waals surface area contributed by atoms with Gasteiger partial charge in [-0.1, -0.05) is 12.1 Å². The highest BCUT2D eigenvalue weighted by Gasteiger charge is 2.24. The van der Waals surface area contributed by atoms with Crippen LogP contribution in [0.1, 0.15) is 45.0 Å². The smallest absolute Gasteiger partial charge is 0.231 e. The van der Waals surface area contributed by atoms with E-state index in [2.05, 4.69) is 0 Å². The Balaban J connectivity index is 0.000000175. The number of benzene rings is 2. The lowest BCUT2D eigenvalue weighted by Gasteiger charge is -2.30. The molecule has 2 fully saturated rings. The molecule has 10 nitrogen and oxygen atoms in total. The highest BCUT2D eigenvalue weighted by Crippen LogP contribution is 2.33. The number of aliphatic hydroxyl groups excluding tert-OH is 2. The number of β-amino-alcohol motifs (C(OH)–C–C–N with tert-alkyl or cyclic N) is 2. The summed E-state index contributed by atoms with van der Waals surface area (Å²) in [6.07, 6.45) is -0.385. The van der Waals surface area contributed by atoms with E-state index in [-0.39, 0.29) is 35.9 Å². The minimum Gasteiger partial charge on any atom is -0.454 e. The van der Waals surface area contributed by atoms with Crippen LogP contribution in [0.4, 0.5) is 0 Å². The molecule has 10 heteroatoms. The molecular weight excluding hydrogens is 492 g/mol. The Morgan fingerprint density at radius 2 is 1.29 bits per heavy atom. The number of likely N-dealkylation sites (tertiary alicyclic amines) is 2. The summed E-state index contributed by atoms with van der Waals surface area (Å²) >= 11 is 0. The fourth-order valence-electron chi connectivity index (χ4n) is 4.61. The SMILES string of the molecule is [2H]C1([2H])Oc2ccc(C([2H])([2H])C(=O)N3CCCC(O)C3)cc2O1.[2H]C1([2H])Oc2ccc(CC(=O)N3CCCC(O)C3)cc2O1. The summed E-state index contributed by atoms with van der Waals surface area (Å²) in [6.45, 7) is -2.88. The number of nitrogens with zero attached hydrogens (tertiary/aromatic N) is 2. The van der Waals surface area contributed by atoms with Gasteiger partial charge in [-0.3, -0.25) is 9.59 Å². The lowest BCUT2D eigenvalue weighted by Crippen LogP contribution is -2.42. The van der Waals surface area contributed by atoms with Crippen LogP contribution in [0.15, 0.2) is 36.4 Å². The van der Waals surface area contributed by atoms with Crippen LogP contribution in [0, 0.1) is 0 Å². The van der Waals surface area contributed by atoms with Crippen molar-refractivity contribution in [3.8, 4) is 23.0 Å². The molecule has 2 amide bonds. The Labute approximate surface area is 230 Å². The zero-order valence-corrected chi connectivity index (χ0v) is 20.7. The molecule has 38 heavy (non-hydrogen) atoms. The maximum atomic E-state index is 12.5. The topological polar surface area (TPSA) is 118 Å². The second kappa shape index (κ2) is 11.9. The molecule has 4 heterocycles. The van der Waals surface area contributed by atoms with E-state index >= 15 is 0 Å². The molecule has 2 aromatic carbocycles. The first-order chi connectivity index (χ1) is 20.6. The Morgan fingerprint density at radius 1 is 0.789 bits per heavy atom. The molecule has 0 bridgehead atoms. The average molecular weight is 533 g/mol. The summed E-state index contributed by atoms with van der Waals surface area (Å²) in [4.78, 5) is 27.7. The van der Waals surface area contributed by atoms with E-state index in [0.717, 1.165) is 18.4 Å². The third-order valence-electron chi connectivity index (χ3n) is 6.60. The Kier molecular flexibility index (Phi) is 6.13. The van der Waals surface area contributed by atoms with Crippen LogP contribution in [0.3, 0.4) is 0 Å². The number of fused-ring (bicyclic) bond motifs is 2. The first-order valence-electron chi connectivity index (χ1n) is 15.6. The van der Waals surface area contributed by atoms with Crippen LogP contribution in [0.5, 0.6) is 23.0 Å². The van der Waals surface area contributed by atoms with Gasteiger partial charge in [0.1, 0.15) is 5.48 Å². The van der Waals surface area contributed by atoms with Crippen LogP contribution in [-0.4, -0.2) is 83.7 Å². The summed E-state index contributed by atoms with van der Waals surface area (Å²) in [7, 11) is 0. The van der Waals surface area contributed by atoms with Crippen molar-refractivity contribution in [2.75, 3.05) is 39.7 Å². The molecule has 204 valence electrons. The largest absolute Gasteiger partial charge is 0.454 e. The van der Waals surface area contributed by atoms with Crippen molar-refractivity contribution in [3.05, 3.63) is 47.5 Å². The Hall–Kier alpha value is -3.50. The van der Waals surface area contributed by atoms with Crippen LogP contribution in [0.2, 0.25) is 0 Å². The van der Waals surface area contributed by atoms with Gasteiger partial charge in [0, 0.05) is 28.9 Å². The standard InChI is InChI=1S/2C14H17NO4/c2*16-11-2-1-5-15(8-11)14(17)7-10-3-4-12-13(6-10)19-9-18-12/h2*3-4,6,11,16H,1-2,5,7-9H2/i7D2,9D2;9D2. The van der Waals surface area contributed by atoms with Crippen LogP contribution in [0.25, 0.3) is 0 Å². The van der Waals surface area contributed by atoms with Crippen molar-refractivity contribution in [2.45, 2.75) is 50.7 Å². The van der Waals surface area contributed by atoms with E-state index in [1.165, 1.54) is 23.1 Å². The third kappa shape index (κ3) is 6.49. The first kappa shape index (κ1) is 19.6. The quantitative estimate of drug-likeness (QED) is 0.613. The second-order valence-corrected chi connectivity index (χ2v) is 9.50. The van der Waals surface area contributed by atoms with E-state index < -0.39 is 38.0 Å². The fourth-order valence-corrected chi connectivity index (χ4v) is 4.61. The molecule has 0 saturated carbocycles. The zero-order valence-electron chi connectivity index (χ0n) is 26.7. The van der Waals surface area contributed by atoms with E-state index in [1.807, 2.05) is 0 Å². The molecule has 4 aliphatic heterocycles. The lowest BCUT2D eigenvalue weighted by atomic mass is 10.1. The maximum absolute atomic E-state index is 12.5. The van der Waals surface area contributed by atoms with Gasteiger partial charge >= 0.3 is 0 Å². The van der Waals surface area contributed by atoms with Gasteiger partial charge in [0.2, 0.25) is 25.3 Å². The number of carbonyl (C=O) groups excluding carboxylic acids is 2. The molecule has 2 aromatic rings. The monoisotopic (exact) mass is 532 g/mol. The van der Waals surface area contributed by atoms with Crippen molar-refractivity contribution < 1.29 is 47.0 Å². The van der Waals surface area contributed by atoms with E-state index in [1.54, 1.807) is 23.1 Å². The van der Waals surface area contributed by atoms with Crippen molar-refractivity contribution in [1.82, 2.24) is 9.80 Å². The van der Waals surface area contributed by atoms with Gasteiger partial charge in [-0.25, -0.2) is 0 Å². The molecule has 2 unspecified atom stereocenters. The van der Waals surface area contributed by atoms with Crippen LogP contribution >= 0.6 is 0 Å². The molecule has 6 rings (SSSR count). The van der Waals surface area contributed by atoms with Gasteiger partial charge in [-0.15, -0.1) is 0 Å². The van der Waals surface area contributed by atoms with Crippen LogP contribution < -0.4 is 18.9 Å². The predicted molar refractivity (Wildman–Crippen MR) is 136 cm³/mol. The van der Waals surface area contributed by atoms with Gasteiger partial charge < -0.3 is 39.0 Å². The van der Waals surface area contributed by atoms with Gasteiger partial charge in [-0.05, 0) is 61.1 Å². The normalized spacial score (nSPS) is 26.9. The molecule has 0 radical (unpaired) electrons. The van der Waals surface area contributed by atoms with E-state index in [9.17, 15) is 19.8 Å². The van der Waals surface area contributed by atoms with Gasteiger partial charge in [0.05, 0.1) is 25.0 Å². The van der Waals surface area contributed by atoms with Crippen molar-refractivity contribution >= 4 is 11.8 Å². The molecule has 2 atom stereocenters. The predicted octanol–water partition coefficient (Wildman–Crippen LogP) is 1.88. The number of amides is 2. The summed E-state index contributed by atoms with van der Waals surface area (Å²) in [6, 6.07) is 8.99. The minimum atomic E-state index is -2.30. The summed E-state index contributed by atoms with van der Waals surface area (Å²) < 4.78 is 65.7. The Morgan fingerprint density at radius 3 is 1.87 bits per heavy atom. The number of piperidine rings is 2. The van der Waals surface area contributed by atoms with E-state index in [0.29, 0.717) is 44.0 Å².